The molecule has 3 N–H and O–H groups in total. The molecule has 0 aliphatic carbocycles. The minimum absolute atomic E-state index is 0.348. The summed E-state index contributed by atoms with van der Waals surface area (Å²) in [5.41, 5.74) is -1.26. The van der Waals surface area contributed by atoms with Crippen LogP contribution in [-0.4, -0.2) is 35.7 Å². The number of piperidine rings is 1. The van der Waals surface area contributed by atoms with Crippen molar-refractivity contribution in [1.29, 1.82) is 0 Å². The van der Waals surface area contributed by atoms with Crippen LogP contribution in [0.5, 0.6) is 0 Å². The summed E-state index contributed by atoms with van der Waals surface area (Å²) in [6, 6.07) is 6.36. The van der Waals surface area contributed by atoms with Gasteiger partial charge in [0.15, 0.2) is 0 Å². The molecule has 2 rings (SSSR count). The van der Waals surface area contributed by atoms with Crippen molar-refractivity contribution in [1.82, 2.24) is 10.6 Å². The fourth-order valence-electron chi connectivity index (χ4n) is 4.00. The van der Waals surface area contributed by atoms with Crippen LogP contribution >= 0.6 is 11.6 Å². The van der Waals surface area contributed by atoms with Gasteiger partial charge in [0.1, 0.15) is 5.54 Å². The maximum Gasteiger partial charge on any atom is 0.331 e. The van der Waals surface area contributed by atoms with Crippen molar-refractivity contribution in [2.24, 2.45) is 0 Å². The third kappa shape index (κ3) is 4.86. The Hall–Kier alpha value is -1.79. The minimum atomic E-state index is -1.12. The number of benzene rings is 1. The van der Waals surface area contributed by atoms with Crippen molar-refractivity contribution < 1.29 is 14.3 Å². The van der Waals surface area contributed by atoms with Crippen molar-refractivity contribution in [2.45, 2.75) is 57.2 Å². The Labute approximate surface area is 153 Å². The Balaban J connectivity index is 2.25. The molecule has 0 unspecified atom stereocenters. The van der Waals surface area contributed by atoms with Gasteiger partial charge in [0.05, 0.1) is 7.11 Å². The molecule has 1 aliphatic heterocycles. The van der Waals surface area contributed by atoms with E-state index in [2.05, 4.69) is 16.0 Å². The zero-order valence-electron chi connectivity index (χ0n) is 15.3. The number of halogens is 1. The van der Waals surface area contributed by atoms with Gasteiger partial charge in [-0.15, -0.1) is 0 Å². The molecular formula is C18H26ClN3O3. The summed E-state index contributed by atoms with van der Waals surface area (Å²) in [5, 5.41) is 9.60. The van der Waals surface area contributed by atoms with Crippen molar-refractivity contribution in [3.05, 3.63) is 29.3 Å². The van der Waals surface area contributed by atoms with Crippen molar-refractivity contribution in [2.75, 3.05) is 12.4 Å². The molecule has 1 heterocycles. The van der Waals surface area contributed by atoms with E-state index in [4.69, 9.17) is 16.3 Å². The fraction of sp³-hybridized carbons (Fsp3) is 0.556. The van der Waals surface area contributed by atoms with Crippen LogP contribution in [0.1, 0.15) is 40.5 Å². The second-order valence-electron chi connectivity index (χ2n) is 7.91. The summed E-state index contributed by atoms with van der Waals surface area (Å²) in [4.78, 5) is 25.1. The zero-order valence-corrected chi connectivity index (χ0v) is 16.1. The molecule has 1 saturated heterocycles. The van der Waals surface area contributed by atoms with Crippen LogP contribution in [0.2, 0.25) is 5.02 Å². The number of urea groups is 1. The van der Waals surface area contributed by atoms with Crippen LogP contribution in [0.4, 0.5) is 10.5 Å². The van der Waals surface area contributed by atoms with Gasteiger partial charge in [-0.2, -0.15) is 0 Å². The molecule has 0 atom stereocenters. The van der Waals surface area contributed by atoms with E-state index in [1.165, 1.54) is 7.11 Å². The van der Waals surface area contributed by atoms with Gasteiger partial charge in [0, 0.05) is 21.8 Å². The third-order valence-corrected chi connectivity index (χ3v) is 4.41. The summed E-state index contributed by atoms with van der Waals surface area (Å²) < 4.78 is 5.02. The lowest BCUT2D eigenvalue weighted by Gasteiger charge is -2.51. The number of anilines is 1. The number of rotatable bonds is 3. The van der Waals surface area contributed by atoms with E-state index in [1.807, 2.05) is 27.7 Å². The first kappa shape index (κ1) is 19.5. The van der Waals surface area contributed by atoms with Crippen LogP contribution in [0.15, 0.2) is 24.3 Å². The monoisotopic (exact) mass is 367 g/mol. The van der Waals surface area contributed by atoms with E-state index < -0.39 is 17.5 Å². The molecule has 0 bridgehead atoms. The standard InChI is InChI=1S/C18H26ClN3O3/c1-16(2)10-18(14(23)25-5,11-17(3,4)22-16)21-15(24)20-13-8-6-7-12(19)9-13/h6-9,22H,10-11H2,1-5H3,(H2,20,21,24). The number of amides is 2. The molecule has 0 radical (unpaired) electrons. The number of nitrogens with one attached hydrogen (secondary N) is 3. The topological polar surface area (TPSA) is 79.5 Å². The Kier molecular flexibility index (Phi) is 5.35. The molecule has 138 valence electrons. The number of ether oxygens (including phenoxy) is 1. The van der Waals surface area contributed by atoms with Crippen molar-refractivity contribution >= 4 is 29.3 Å². The van der Waals surface area contributed by atoms with Gasteiger partial charge in [-0.1, -0.05) is 17.7 Å². The zero-order chi connectivity index (χ0) is 18.9. The molecule has 1 fully saturated rings. The summed E-state index contributed by atoms with van der Waals surface area (Å²) in [6.45, 7) is 8.01. The molecule has 6 nitrogen and oxygen atoms in total. The number of hydrogen-bond acceptors (Lipinski definition) is 4. The third-order valence-electron chi connectivity index (χ3n) is 4.18. The molecule has 2 amide bonds. The highest BCUT2D eigenvalue weighted by Gasteiger charge is 2.53. The highest BCUT2D eigenvalue weighted by atomic mass is 35.5. The van der Waals surface area contributed by atoms with Gasteiger partial charge in [-0.3, -0.25) is 0 Å². The number of carbonyl (C=O) groups excluding carboxylic acids is 2. The first-order valence-corrected chi connectivity index (χ1v) is 8.57. The fourth-order valence-corrected chi connectivity index (χ4v) is 4.19. The molecule has 0 spiro atoms. The van der Waals surface area contributed by atoms with Gasteiger partial charge < -0.3 is 20.7 Å². The minimum Gasteiger partial charge on any atom is -0.467 e. The van der Waals surface area contributed by atoms with Crippen molar-refractivity contribution in [3.8, 4) is 0 Å². The Morgan fingerprint density at radius 2 is 1.76 bits per heavy atom. The molecule has 1 aromatic rings. The van der Waals surface area contributed by atoms with E-state index in [0.717, 1.165) is 0 Å². The largest absolute Gasteiger partial charge is 0.467 e. The average Bonchev–Trinajstić information content (AvgIpc) is 2.42. The van der Waals surface area contributed by atoms with E-state index in [0.29, 0.717) is 23.6 Å². The molecular weight excluding hydrogens is 342 g/mol. The van der Waals surface area contributed by atoms with E-state index >= 15 is 0 Å². The smallest absolute Gasteiger partial charge is 0.331 e. The molecule has 25 heavy (non-hydrogen) atoms. The highest BCUT2D eigenvalue weighted by Crippen LogP contribution is 2.37. The summed E-state index contributed by atoms with van der Waals surface area (Å²) in [5.74, 6) is -0.448. The molecule has 7 heteroatoms. The number of methoxy groups -OCH3 is 1. The molecule has 0 aromatic heterocycles. The summed E-state index contributed by atoms with van der Waals surface area (Å²) in [6.07, 6.45) is 0.831. The highest BCUT2D eigenvalue weighted by molar-refractivity contribution is 6.30. The van der Waals surface area contributed by atoms with Crippen molar-refractivity contribution in [3.63, 3.8) is 0 Å². The van der Waals surface area contributed by atoms with Gasteiger partial charge in [0.2, 0.25) is 0 Å². The van der Waals surface area contributed by atoms with Crippen LogP contribution < -0.4 is 16.0 Å². The second-order valence-corrected chi connectivity index (χ2v) is 8.35. The summed E-state index contributed by atoms with van der Waals surface area (Å²) >= 11 is 5.94. The van der Waals surface area contributed by atoms with E-state index in [-0.39, 0.29) is 11.1 Å². The lowest BCUT2D eigenvalue weighted by molar-refractivity contribution is -0.152. The maximum absolute atomic E-state index is 12.6. The average molecular weight is 368 g/mol. The lowest BCUT2D eigenvalue weighted by Crippen LogP contribution is -2.71. The first-order chi connectivity index (χ1) is 11.5. The predicted octanol–water partition coefficient (Wildman–Crippen LogP) is 3.31. The predicted molar refractivity (Wildman–Crippen MR) is 98.9 cm³/mol. The van der Waals surface area contributed by atoms with Gasteiger partial charge in [-0.05, 0) is 58.7 Å². The Morgan fingerprint density at radius 1 is 1.16 bits per heavy atom. The van der Waals surface area contributed by atoms with Crippen LogP contribution in [-0.2, 0) is 9.53 Å². The van der Waals surface area contributed by atoms with E-state index in [9.17, 15) is 9.59 Å². The number of esters is 1. The van der Waals surface area contributed by atoms with Crippen LogP contribution in [0.25, 0.3) is 0 Å². The SMILES string of the molecule is COC(=O)C1(NC(=O)Nc2cccc(Cl)c2)CC(C)(C)NC(C)(C)C1. The van der Waals surface area contributed by atoms with E-state index in [1.54, 1.807) is 24.3 Å². The molecule has 0 saturated carbocycles. The Morgan fingerprint density at radius 3 is 2.28 bits per heavy atom. The van der Waals surface area contributed by atoms with Gasteiger partial charge in [0.25, 0.3) is 0 Å². The van der Waals surface area contributed by atoms with Gasteiger partial charge in [-0.25, -0.2) is 9.59 Å². The van der Waals surface area contributed by atoms with Crippen LogP contribution in [0.3, 0.4) is 0 Å². The first-order valence-electron chi connectivity index (χ1n) is 8.20. The molecule has 1 aliphatic rings. The lowest BCUT2D eigenvalue weighted by atomic mass is 9.71. The Bertz CT molecular complexity index is 657. The van der Waals surface area contributed by atoms with Gasteiger partial charge >= 0.3 is 12.0 Å². The maximum atomic E-state index is 12.6. The number of hydrogen-bond donors (Lipinski definition) is 3. The summed E-state index contributed by atoms with van der Waals surface area (Å²) in [7, 11) is 1.34. The van der Waals surface area contributed by atoms with Crippen LogP contribution in [0, 0.1) is 0 Å². The molecule has 1 aromatic carbocycles. The number of carbonyl (C=O) groups is 2. The normalized spacial score (nSPS) is 20.4. The second kappa shape index (κ2) is 6.84. The quantitative estimate of drug-likeness (QED) is 0.716.